The highest BCUT2D eigenvalue weighted by atomic mass is 16.5. The fraction of sp³-hybridized carbons (Fsp3) is 0.333. The lowest BCUT2D eigenvalue weighted by Crippen LogP contribution is -2.37. The second-order valence-corrected chi connectivity index (χ2v) is 6.17. The van der Waals surface area contributed by atoms with Crippen LogP contribution < -0.4 is 20.5 Å². The normalized spacial score (nSPS) is 16.5. The molecule has 136 valence electrons. The van der Waals surface area contributed by atoms with E-state index in [9.17, 15) is 9.59 Å². The molecule has 0 saturated carbocycles. The van der Waals surface area contributed by atoms with E-state index in [-0.39, 0.29) is 18.2 Å². The molecule has 1 aliphatic heterocycles. The molecule has 8 heteroatoms. The first kappa shape index (κ1) is 17.7. The van der Waals surface area contributed by atoms with Gasteiger partial charge in [-0.25, -0.2) is 9.97 Å². The average Bonchev–Trinajstić information content (AvgIpc) is 3.00. The van der Waals surface area contributed by atoms with Crippen molar-refractivity contribution in [3.63, 3.8) is 0 Å². The number of carbonyl (C=O) groups excluding carboxylic acids is 2. The Labute approximate surface area is 151 Å². The number of hydrogen-bond acceptors (Lipinski definition) is 6. The summed E-state index contributed by atoms with van der Waals surface area (Å²) in [6.45, 7) is 3.99. The third kappa shape index (κ3) is 3.74. The fourth-order valence-electron chi connectivity index (χ4n) is 2.97. The molecule has 2 heterocycles. The number of para-hydroxylation sites is 2. The Morgan fingerprint density at radius 1 is 1.23 bits per heavy atom. The molecule has 1 atom stereocenters. The van der Waals surface area contributed by atoms with Gasteiger partial charge < -0.3 is 9.64 Å². The van der Waals surface area contributed by atoms with Crippen molar-refractivity contribution < 1.29 is 14.3 Å². The molecule has 0 bridgehead atoms. The average molecular weight is 355 g/mol. The Morgan fingerprint density at radius 2 is 1.92 bits per heavy atom. The summed E-state index contributed by atoms with van der Waals surface area (Å²) in [5, 5.41) is 0. The molecule has 1 aromatic heterocycles. The molecule has 2 amide bonds. The van der Waals surface area contributed by atoms with Crippen molar-refractivity contribution in [3.8, 4) is 5.75 Å². The van der Waals surface area contributed by atoms with Crippen LogP contribution in [-0.4, -0.2) is 35.4 Å². The van der Waals surface area contributed by atoms with Gasteiger partial charge in [0, 0.05) is 24.4 Å². The number of nitrogens with one attached hydrogen (secondary N) is 2. The van der Waals surface area contributed by atoms with E-state index in [1.807, 2.05) is 32.0 Å². The molecular formula is C18H21N5O3. The van der Waals surface area contributed by atoms with Gasteiger partial charge in [-0.1, -0.05) is 12.1 Å². The van der Waals surface area contributed by atoms with Crippen molar-refractivity contribution in [2.24, 2.45) is 5.92 Å². The number of hydrazine groups is 1. The summed E-state index contributed by atoms with van der Waals surface area (Å²) in [6, 6.07) is 9.10. The molecule has 1 saturated heterocycles. The van der Waals surface area contributed by atoms with E-state index in [2.05, 4.69) is 20.8 Å². The van der Waals surface area contributed by atoms with Crippen LogP contribution in [0.4, 0.5) is 11.6 Å². The minimum Gasteiger partial charge on any atom is -0.495 e. The Kier molecular flexibility index (Phi) is 5.01. The van der Waals surface area contributed by atoms with E-state index in [0.717, 1.165) is 11.4 Å². The summed E-state index contributed by atoms with van der Waals surface area (Å²) in [6.07, 6.45) is 0.138. The number of methoxy groups -OCH3 is 1. The Hall–Kier alpha value is -3.16. The van der Waals surface area contributed by atoms with Crippen LogP contribution in [0.15, 0.2) is 30.3 Å². The lowest BCUT2D eigenvalue weighted by atomic mass is 10.1. The van der Waals surface area contributed by atoms with Gasteiger partial charge in [-0.3, -0.25) is 20.4 Å². The molecule has 1 aliphatic rings. The van der Waals surface area contributed by atoms with Gasteiger partial charge in [-0.15, -0.1) is 0 Å². The lowest BCUT2D eigenvalue weighted by molar-refractivity contribution is -0.125. The molecule has 0 spiro atoms. The summed E-state index contributed by atoms with van der Waals surface area (Å²) < 4.78 is 5.31. The van der Waals surface area contributed by atoms with Crippen LogP contribution in [0.5, 0.6) is 5.75 Å². The molecule has 26 heavy (non-hydrogen) atoms. The number of aromatic nitrogens is 2. The van der Waals surface area contributed by atoms with Gasteiger partial charge in [-0.05, 0) is 32.0 Å². The zero-order chi connectivity index (χ0) is 18.7. The molecule has 8 nitrogen and oxygen atoms in total. The predicted octanol–water partition coefficient (Wildman–Crippen LogP) is 1.60. The standard InChI is InChI=1S/C18H21N5O3/c1-11-8-12(2)20-18(19-11)22-21-17(25)13-9-16(24)23(10-13)14-6-4-5-7-15(14)26-3/h4-8,13H,9-10H2,1-3H3,(H,21,25)(H,19,20,22)/t13-/m0/s1. The lowest BCUT2D eigenvalue weighted by Gasteiger charge is -2.19. The van der Waals surface area contributed by atoms with Gasteiger partial charge in [-0.2, -0.15) is 0 Å². The highest BCUT2D eigenvalue weighted by Crippen LogP contribution is 2.32. The van der Waals surface area contributed by atoms with E-state index in [1.54, 1.807) is 24.1 Å². The zero-order valence-electron chi connectivity index (χ0n) is 14.9. The highest BCUT2D eigenvalue weighted by molar-refractivity contribution is 6.01. The third-order valence-electron chi connectivity index (χ3n) is 4.15. The molecule has 2 aromatic rings. The van der Waals surface area contributed by atoms with Gasteiger partial charge in [0.25, 0.3) is 0 Å². The number of carbonyl (C=O) groups is 2. The highest BCUT2D eigenvalue weighted by Gasteiger charge is 2.36. The topological polar surface area (TPSA) is 96.5 Å². The number of hydrogen-bond donors (Lipinski definition) is 2. The summed E-state index contributed by atoms with van der Waals surface area (Å²) >= 11 is 0. The minimum atomic E-state index is -0.467. The zero-order valence-corrected chi connectivity index (χ0v) is 14.9. The van der Waals surface area contributed by atoms with Gasteiger partial charge >= 0.3 is 0 Å². The van der Waals surface area contributed by atoms with Crippen LogP contribution in [0.1, 0.15) is 17.8 Å². The number of aryl methyl sites for hydroxylation is 2. The first-order chi connectivity index (χ1) is 12.5. The third-order valence-corrected chi connectivity index (χ3v) is 4.15. The molecule has 3 rings (SSSR count). The van der Waals surface area contributed by atoms with Crippen molar-refractivity contribution in [1.82, 2.24) is 15.4 Å². The quantitative estimate of drug-likeness (QED) is 0.791. The van der Waals surface area contributed by atoms with Crippen LogP contribution in [0.25, 0.3) is 0 Å². The van der Waals surface area contributed by atoms with Crippen molar-refractivity contribution in [3.05, 3.63) is 41.7 Å². The van der Waals surface area contributed by atoms with E-state index < -0.39 is 5.92 Å². The number of amides is 2. The van der Waals surface area contributed by atoms with Crippen LogP contribution in [-0.2, 0) is 9.59 Å². The summed E-state index contributed by atoms with van der Waals surface area (Å²) in [4.78, 5) is 34.8. The fourth-order valence-corrected chi connectivity index (χ4v) is 2.97. The van der Waals surface area contributed by atoms with Crippen molar-refractivity contribution in [2.45, 2.75) is 20.3 Å². The van der Waals surface area contributed by atoms with E-state index in [4.69, 9.17) is 4.74 Å². The predicted molar refractivity (Wildman–Crippen MR) is 96.7 cm³/mol. The first-order valence-electron chi connectivity index (χ1n) is 8.29. The van der Waals surface area contributed by atoms with Crippen molar-refractivity contribution in [1.29, 1.82) is 0 Å². The van der Waals surface area contributed by atoms with E-state index in [1.165, 1.54) is 0 Å². The Balaban J connectivity index is 1.65. The van der Waals surface area contributed by atoms with Crippen LogP contribution in [0.3, 0.4) is 0 Å². The number of anilines is 2. The maximum Gasteiger partial charge on any atom is 0.243 e. The molecule has 0 aliphatic carbocycles. The van der Waals surface area contributed by atoms with Crippen molar-refractivity contribution >= 4 is 23.5 Å². The summed E-state index contributed by atoms with van der Waals surface area (Å²) in [7, 11) is 1.55. The monoisotopic (exact) mass is 355 g/mol. The van der Waals surface area contributed by atoms with Crippen LogP contribution >= 0.6 is 0 Å². The molecule has 2 N–H and O–H groups in total. The number of benzene rings is 1. The second kappa shape index (κ2) is 7.38. The van der Waals surface area contributed by atoms with Crippen LogP contribution in [0, 0.1) is 19.8 Å². The van der Waals surface area contributed by atoms with Gasteiger partial charge in [0.15, 0.2) is 0 Å². The van der Waals surface area contributed by atoms with E-state index >= 15 is 0 Å². The molecule has 0 unspecified atom stereocenters. The molecule has 0 radical (unpaired) electrons. The van der Waals surface area contributed by atoms with Gasteiger partial charge in [0.1, 0.15) is 5.75 Å². The maximum absolute atomic E-state index is 12.4. The number of ether oxygens (including phenoxy) is 1. The van der Waals surface area contributed by atoms with Gasteiger partial charge in [0.05, 0.1) is 18.7 Å². The van der Waals surface area contributed by atoms with Gasteiger partial charge in [0.2, 0.25) is 17.8 Å². The minimum absolute atomic E-state index is 0.114. The first-order valence-corrected chi connectivity index (χ1v) is 8.29. The van der Waals surface area contributed by atoms with Crippen molar-refractivity contribution in [2.75, 3.05) is 24.0 Å². The smallest absolute Gasteiger partial charge is 0.243 e. The Bertz CT molecular complexity index is 819. The maximum atomic E-state index is 12.4. The molecular weight excluding hydrogens is 334 g/mol. The van der Waals surface area contributed by atoms with E-state index in [0.29, 0.717) is 23.9 Å². The summed E-state index contributed by atoms with van der Waals surface area (Å²) in [5.41, 5.74) is 7.58. The van der Waals surface area contributed by atoms with Crippen LogP contribution in [0.2, 0.25) is 0 Å². The number of rotatable bonds is 5. The summed E-state index contributed by atoms with van der Waals surface area (Å²) in [5.74, 6) is 0.0621. The SMILES string of the molecule is COc1ccccc1N1C[C@@H](C(=O)NNc2nc(C)cc(C)n2)CC1=O. The number of nitrogens with zero attached hydrogens (tertiary/aromatic N) is 3. The molecule has 1 aromatic carbocycles. The second-order valence-electron chi connectivity index (χ2n) is 6.17. The Morgan fingerprint density at radius 3 is 2.62 bits per heavy atom. The molecule has 1 fully saturated rings. The largest absolute Gasteiger partial charge is 0.495 e.